The Kier molecular flexibility index (Phi) is 6.80. The van der Waals surface area contributed by atoms with Crippen LogP contribution < -0.4 is 0 Å². The van der Waals surface area contributed by atoms with Crippen LogP contribution in [0.2, 0.25) is 0 Å². The first kappa shape index (κ1) is 13.8. The molecule has 18 heavy (non-hydrogen) atoms. The lowest BCUT2D eigenvalue weighted by atomic mass is 10.0. The van der Waals surface area contributed by atoms with E-state index in [0.29, 0.717) is 6.42 Å². The second-order valence-corrected chi connectivity index (χ2v) is 4.08. The molecule has 90 valence electrons. The Hall–Kier alpha value is -2.24. The van der Waals surface area contributed by atoms with Crippen molar-refractivity contribution in [3.63, 3.8) is 0 Å². The molecule has 1 rings (SSSR count). The highest BCUT2D eigenvalue weighted by Crippen LogP contribution is 2.09. The van der Waals surface area contributed by atoms with Gasteiger partial charge in [0.15, 0.2) is 0 Å². The van der Waals surface area contributed by atoms with Gasteiger partial charge in [-0.05, 0) is 25.0 Å². The summed E-state index contributed by atoms with van der Waals surface area (Å²) in [5.74, 6) is 5.81. The van der Waals surface area contributed by atoms with Crippen LogP contribution in [0, 0.1) is 40.4 Å². The lowest BCUT2D eigenvalue weighted by Crippen LogP contribution is -1.92. The van der Waals surface area contributed by atoms with Crippen LogP contribution in [-0.2, 0) is 0 Å². The first-order valence-electron chi connectivity index (χ1n) is 6.20. The highest BCUT2D eigenvalue weighted by atomic mass is 14.3. The number of nitriles is 2. The molecule has 0 aliphatic heterocycles. The molecule has 2 heteroatoms. The molecule has 1 aromatic carbocycles. The van der Waals surface area contributed by atoms with Crippen molar-refractivity contribution < 1.29 is 0 Å². The Bertz CT molecular complexity index is 466. The fraction of sp³-hybridized carbons (Fsp3) is 0.375. The molecule has 2 nitrogen and oxygen atoms in total. The third-order valence-corrected chi connectivity index (χ3v) is 2.61. The fourth-order valence-electron chi connectivity index (χ4n) is 1.58. The Morgan fingerprint density at radius 2 is 1.67 bits per heavy atom. The Labute approximate surface area is 109 Å². The van der Waals surface area contributed by atoms with Gasteiger partial charge in [0.2, 0.25) is 0 Å². The SMILES string of the molecule is N#CC(C#N)CCCCCC#Cc1ccccc1. The minimum Gasteiger partial charge on any atom is -0.197 e. The number of hydrogen-bond acceptors (Lipinski definition) is 2. The number of benzene rings is 1. The van der Waals surface area contributed by atoms with Gasteiger partial charge in [-0.15, -0.1) is 0 Å². The zero-order valence-corrected chi connectivity index (χ0v) is 10.4. The van der Waals surface area contributed by atoms with Crippen molar-refractivity contribution in [2.24, 2.45) is 5.92 Å². The van der Waals surface area contributed by atoms with Gasteiger partial charge in [0.25, 0.3) is 0 Å². The molecule has 0 saturated heterocycles. The van der Waals surface area contributed by atoms with E-state index in [1.165, 1.54) is 0 Å². The van der Waals surface area contributed by atoms with E-state index in [9.17, 15) is 0 Å². The van der Waals surface area contributed by atoms with Gasteiger partial charge in [-0.2, -0.15) is 10.5 Å². The van der Waals surface area contributed by atoms with Crippen LogP contribution in [0.3, 0.4) is 0 Å². The molecule has 0 atom stereocenters. The van der Waals surface area contributed by atoms with Crippen LogP contribution in [-0.4, -0.2) is 0 Å². The third-order valence-electron chi connectivity index (χ3n) is 2.61. The summed E-state index contributed by atoms with van der Waals surface area (Å²) in [6, 6.07) is 13.9. The van der Waals surface area contributed by atoms with E-state index in [4.69, 9.17) is 10.5 Å². The Morgan fingerprint density at radius 3 is 2.33 bits per heavy atom. The zero-order valence-electron chi connectivity index (χ0n) is 10.4. The van der Waals surface area contributed by atoms with Crippen LogP contribution in [0.1, 0.15) is 37.7 Å². The summed E-state index contributed by atoms with van der Waals surface area (Å²) >= 11 is 0. The van der Waals surface area contributed by atoms with Crippen molar-refractivity contribution in [3.05, 3.63) is 35.9 Å². The highest BCUT2D eigenvalue weighted by Gasteiger charge is 2.03. The van der Waals surface area contributed by atoms with E-state index < -0.39 is 5.92 Å². The van der Waals surface area contributed by atoms with Crippen molar-refractivity contribution in [3.8, 4) is 24.0 Å². The highest BCUT2D eigenvalue weighted by molar-refractivity contribution is 5.33. The van der Waals surface area contributed by atoms with E-state index in [-0.39, 0.29) is 0 Å². The van der Waals surface area contributed by atoms with Crippen molar-refractivity contribution >= 4 is 0 Å². The molecule has 0 bridgehead atoms. The summed E-state index contributed by atoms with van der Waals surface area (Å²) in [4.78, 5) is 0. The second kappa shape index (κ2) is 8.86. The molecular formula is C16H16N2. The molecule has 1 aromatic rings. The van der Waals surface area contributed by atoms with Gasteiger partial charge in [-0.25, -0.2) is 0 Å². The minimum atomic E-state index is -0.444. The van der Waals surface area contributed by atoms with Crippen LogP contribution in [0.15, 0.2) is 30.3 Å². The second-order valence-electron chi connectivity index (χ2n) is 4.08. The molecule has 0 amide bonds. The summed E-state index contributed by atoms with van der Waals surface area (Å²) in [7, 11) is 0. The molecule has 0 heterocycles. The van der Waals surface area contributed by atoms with E-state index in [1.54, 1.807) is 0 Å². The molecule has 0 fully saturated rings. The van der Waals surface area contributed by atoms with Crippen molar-refractivity contribution in [1.82, 2.24) is 0 Å². The lowest BCUT2D eigenvalue weighted by molar-refractivity contribution is 0.612. The predicted octanol–water partition coefficient (Wildman–Crippen LogP) is 3.65. The molecular weight excluding hydrogens is 220 g/mol. The molecule has 0 radical (unpaired) electrons. The molecule has 0 aliphatic carbocycles. The molecule has 0 spiro atoms. The van der Waals surface area contributed by atoms with E-state index in [2.05, 4.69) is 11.8 Å². The first-order valence-corrected chi connectivity index (χ1v) is 6.20. The first-order chi connectivity index (χ1) is 8.86. The van der Waals surface area contributed by atoms with Gasteiger partial charge in [0.1, 0.15) is 5.92 Å². The van der Waals surface area contributed by atoms with Crippen LogP contribution in [0.25, 0.3) is 0 Å². The van der Waals surface area contributed by atoms with Crippen molar-refractivity contribution in [2.75, 3.05) is 0 Å². The summed E-state index contributed by atoms with van der Waals surface area (Å²) in [5, 5.41) is 17.2. The monoisotopic (exact) mass is 236 g/mol. The summed E-state index contributed by atoms with van der Waals surface area (Å²) in [5.41, 5.74) is 1.05. The van der Waals surface area contributed by atoms with E-state index >= 15 is 0 Å². The maximum absolute atomic E-state index is 8.60. The number of rotatable bonds is 5. The van der Waals surface area contributed by atoms with Crippen LogP contribution >= 0.6 is 0 Å². The van der Waals surface area contributed by atoms with Gasteiger partial charge in [0, 0.05) is 12.0 Å². The lowest BCUT2D eigenvalue weighted by Gasteiger charge is -1.98. The topological polar surface area (TPSA) is 47.6 Å². The summed E-state index contributed by atoms with van der Waals surface area (Å²) < 4.78 is 0. The van der Waals surface area contributed by atoms with E-state index in [1.807, 2.05) is 42.5 Å². The molecule has 0 saturated carbocycles. The standard InChI is InChI=1S/C16H16N2/c17-13-16(14-18)12-6-3-1-2-5-9-15-10-7-4-8-11-15/h4,7-8,10-11,16H,1-3,6,12H2. The van der Waals surface area contributed by atoms with Crippen molar-refractivity contribution in [2.45, 2.75) is 32.1 Å². The fourth-order valence-corrected chi connectivity index (χ4v) is 1.58. The smallest absolute Gasteiger partial charge is 0.133 e. The normalized spacial score (nSPS) is 9.06. The number of hydrogen-bond donors (Lipinski definition) is 0. The van der Waals surface area contributed by atoms with Gasteiger partial charge in [-0.3, -0.25) is 0 Å². The maximum atomic E-state index is 8.60. The molecule has 0 N–H and O–H groups in total. The largest absolute Gasteiger partial charge is 0.197 e. The molecule has 0 unspecified atom stereocenters. The maximum Gasteiger partial charge on any atom is 0.133 e. The molecule has 0 aromatic heterocycles. The van der Waals surface area contributed by atoms with Crippen LogP contribution in [0.4, 0.5) is 0 Å². The van der Waals surface area contributed by atoms with Crippen molar-refractivity contribution in [1.29, 1.82) is 10.5 Å². The Morgan fingerprint density at radius 1 is 0.944 bits per heavy atom. The summed E-state index contributed by atoms with van der Waals surface area (Å²) in [6.07, 6.45) is 4.54. The van der Waals surface area contributed by atoms with E-state index in [0.717, 1.165) is 31.2 Å². The van der Waals surface area contributed by atoms with Gasteiger partial charge in [0.05, 0.1) is 12.1 Å². The van der Waals surface area contributed by atoms with Gasteiger partial charge in [-0.1, -0.05) is 42.9 Å². The minimum absolute atomic E-state index is 0.444. The van der Waals surface area contributed by atoms with Gasteiger partial charge >= 0.3 is 0 Å². The van der Waals surface area contributed by atoms with Crippen LogP contribution in [0.5, 0.6) is 0 Å². The predicted molar refractivity (Wildman–Crippen MR) is 71.1 cm³/mol. The Balaban J connectivity index is 2.12. The number of unbranched alkanes of at least 4 members (excludes halogenated alkanes) is 3. The third kappa shape index (κ3) is 5.74. The number of nitrogens with zero attached hydrogens (tertiary/aromatic N) is 2. The average molecular weight is 236 g/mol. The zero-order chi connectivity index (χ0) is 13.1. The molecule has 0 aliphatic rings. The van der Waals surface area contributed by atoms with Gasteiger partial charge < -0.3 is 0 Å². The summed E-state index contributed by atoms with van der Waals surface area (Å²) in [6.45, 7) is 0. The average Bonchev–Trinajstić information content (AvgIpc) is 2.43. The quantitative estimate of drug-likeness (QED) is 0.578.